The number of benzene rings is 1. The van der Waals surface area contributed by atoms with Crippen LogP contribution in [0.4, 0.5) is 5.13 Å². The quantitative estimate of drug-likeness (QED) is 0.613. The third-order valence-corrected chi connectivity index (χ3v) is 4.14. The topological polar surface area (TPSA) is 94.3 Å². The van der Waals surface area contributed by atoms with Gasteiger partial charge in [-0.05, 0) is 31.2 Å². The van der Waals surface area contributed by atoms with Gasteiger partial charge >= 0.3 is 0 Å². The SMILES string of the molecule is CCOc1ccc2nc(NC(=O)c3nc4ncccn4n3)sc2c1. The molecule has 4 aromatic rings. The highest BCUT2D eigenvalue weighted by atomic mass is 32.1. The van der Waals surface area contributed by atoms with Gasteiger partial charge in [0.25, 0.3) is 11.7 Å². The Balaban J connectivity index is 1.59. The highest BCUT2D eigenvalue weighted by Gasteiger charge is 2.15. The van der Waals surface area contributed by atoms with E-state index in [0.29, 0.717) is 17.5 Å². The van der Waals surface area contributed by atoms with Crippen LogP contribution >= 0.6 is 11.3 Å². The molecule has 0 aliphatic rings. The molecule has 0 aliphatic heterocycles. The van der Waals surface area contributed by atoms with Gasteiger partial charge in [0, 0.05) is 12.4 Å². The first-order valence-corrected chi connectivity index (χ1v) is 8.07. The van der Waals surface area contributed by atoms with Crippen molar-refractivity contribution in [1.29, 1.82) is 0 Å². The molecule has 3 heterocycles. The van der Waals surface area contributed by atoms with E-state index < -0.39 is 5.91 Å². The number of anilines is 1. The van der Waals surface area contributed by atoms with Gasteiger partial charge in [-0.3, -0.25) is 10.1 Å². The zero-order chi connectivity index (χ0) is 16.5. The van der Waals surface area contributed by atoms with Crippen molar-refractivity contribution in [2.24, 2.45) is 0 Å². The molecule has 0 atom stereocenters. The Morgan fingerprint density at radius 3 is 3.12 bits per heavy atom. The molecule has 0 bridgehead atoms. The monoisotopic (exact) mass is 340 g/mol. The van der Waals surface area contributed by atoms with Gasteiger partial charge in [0.15, 0.2) is 5.13 Å². The Kier molecular flexibility index (Phi) is 3.54. The average molecular weight is 340 g/mol. The van der Waals surface area contributed by atoms with E-state index in [1.54, 1.807) is 18.5 Å². The summed E-state index contributed by atoms with van der Waals surface area (Å²) in [5, 5.41) is 7.29. The maximum atomic E-state index is 12.3. The van der Waals surface area contributed by atoms with Crippen LogP contribution in [0.2, 0.25) is 0 Å². The average Bonchev–Trinajstić information content (AvgIpc) is 3.17. The minimum absolute atomic E-state index is 0.0444. The van der Waals surface area contributed by atoms with Crippen LogP contribution in [-0.4, -0.2) is 37.1 Å². The van der Waals surface area contributed by atoms with Crippen LogP contribution < -0.4 is 10.1 Å². The number of nitrogens with zero attached hydrogens (tertiary/aromatic N) is 5. The minimum atomic E-state index is -0.426. The molecule has 4 rings (SSSR count). The highest BCUT2D eigenvalue weighted by Crippen LogP contribution is 2.29. The molecule has 8 nitrogen and oxygen atoms in total. The number of hydrogen-bond acceptors (Lipinski definition) is 7. The minimum Gasteiger partial charge on any atom is -0.494 e. The van der Waals surface area contributed by atoms with Gasteiger partial charge in [-0.25, -0.2) is 14.5 Å². The van der Waals surface area contributed by atoms with E-state index in [-0.39, 0.29) is 5.82 Å². The van der Waals surface area contributed by atoms with Crippen LogP contribution in [0.1, 0.15) is 17.5 Å². The maximum Gasteiger partial charge on any atom is 0.297 e. The van der Waals surface area contributed by atoms with Gasteiger partial charge in [0.2, 0.25) is 5.82 Å². The van der Waals surface area contributed by atoms with Crippen molar-refractivity contribution >= 4 is 38.4 Å². The standard InChI is InChI=1S/C15H12N6O2S/c1-2-23-9-4-5-10-11(8-9)24-15(17-10)19-13(22)12-18-14-16-6-3-7-21(14)20-12/h3-8H,2H2,1H3,(H,17,19,22). The Hall–Kier alpha value is -3.07. The van der Waals surface area contributed by atoms with Gasteiger partial charge < -0.3 is 4.74 Å². The molecule has 0 spiro atoms. The van der Waals surface area contributed by atoms with Crippen LogP contribution in [0, 0.1) is 0 Å². The molecular weight excluding hydrogens is 328 g/mol. The molecule has 0 saturated carbocycles. The largest absolute Gasteiger partial charge is 0.494 e. The van der Waals surface area contributed by atoms with Crippen LogP contribution in [0.25, 0.3) is 16.0 Å². The fraction of sp³-hybridized carbons (Fsp3) is 0.133. The lowest BCUT2D eigenvalue weighted by Crippen LogP contribution is -2.13. The number of aromatic nitrogens is 5. The first-order chi connectivity index (χ1) is 11.7. The van der Waals surface area contributed by atoms with E-state index >= 15 is 0 Å². The maximum absolute atomic E-state index is 12.3. The highest BCUT2D eigenvalue weighted by molar-refractivity contribution is 7.22. The first kappa shape index (κ1) is 14.5. The number of ether oxygens (including phenoxy) is 1. The molecule has 0 fully saturated rings. The second kappa shape index (κ2) is 5.85. The van der Waals surface area contributed by atoms with E-state index in [2.05, 4.69) is 25.4 Å². The summed E-state index contributed by atoms with van der Waals surface area (Å²) in [7, 11) is 0. The van der Waals surface area contributed by atoms with Crippen LogP contribution in [0.3, 0.4) is 0 Å². The summed E-state index contributed by atoms with van der Waals surface area (Å²) in [6, 6.07) is 7.33. The molecule has 0 aliphatic carbocycles. The van der Waals surface area contributed by atoms with Crippen molar-refractivity contribution in [3.63, 3.8) is 0 Å². The van der Waals surface area contributed by atoms with E-state index in [1.165, 1.54) is 15.9 Å². The van der Waals surface area contributed by atoms with Crippen LogP contribution in [-0.2, 0) is 0 Å². The lowest BCUT2D eigenvalue weighted by molar-refractivity contribution is 0.101. The number of nitrogens with one attached hydrogen (secondary N) is 1. The Labute approximate surface area is 140 Å². The van der Waals surface area contributed by atoms with Crippen molar-refractivity contribution < 1.29 is 9.53 Å². The molecule has 24 heavy (non-hydrogen) atoms. The smallest absolute Gasteiger partial charge is 0.297 e. The second-order valence-corrected chi connectivity index (χ2v) is 5.87. The molecule has 9 heteroatoms. The third kappa shape index (κ3) is 2.65. The Morgan fingerprint density at radius 1 is 1.38 bits per heavy atom. The summed E-state index contributed by atoms with van der Waals surface area (Å²) in [5.74, 6) is 0.764. The van der Waals surface area contributed by atoms with Gasteiger partial charge in [0.05, 0.1) is 16.8 Å². The van der Waals surface area contributed by atoms with Crippen molar-refractivity contribution in [3.8, 4) is 5.75 Å². The van der Waals surface area contributed by atoms with Crippen molar-refractivity contribution in [2.75, 3.05) is 11.9 Å². The van der Waals surface area contributed by atoms with E-state index in [4.69, 9.17) is 4.74 Å². The van der Waals surface area contributed by atoms with Crippen molar-refractivity contribution in [3.05, 3.63) is 42.5 Å². The number of rotatable bonds is 4. The first-order valence-electron chi connectivity index (χ1n) is 7.25. The summed E-state index contributed by atoms with van der Waals surface area (Å²) in [4.78, 5) is 24.8. The van der Waals surface area contributed by atoms with Crippen molar-refractivity contribution in [2.45, 2.75) is 6.92 Å². The molecule has 0 unspecified atom stereocenters. The Bertz CT molecular complexity index is 1010. The van der Waals surface area contributed by atoms with E-state index in [0.717, 1.165) is 16.0 Å². The van der Waals surface area contributed by atoms with E-state index in [1.807, 2.05) is 25.1 Å². The number of hydrogen-bond donors (Lipinski definition) is 1. The summed E-state index contributed by atoms with van der Waals surface area (Å²) < 4.78 is 7.85. The predicted octanol–water partition coefficient (Wildman–Crippen LogP) is 2.38. The van der Waals surface area contributed by atoms with E-state index in [9.17, 15) is 4.79 Å². The van der Waals surface area contributed by atoms with Gasteiger partial charge in [-0.15, -0.1) is 5.10 Å². The molecule has 0 radical (unpaired) electrons. The number of carbonyl (C=O) groups excluding carboxylic acids is 1. The van der Waals surface area contributed by atoms with Gasteiger partial charge in [-0.1, -0.05) is 11.3 Å². The molecule has 1 aromatic carbocycles. The van der Waals surface area contributed by atoms with Crippen LogP contribution in [0.15, 0.2) is 36.7 Å². The summed E-state index contributed by atoms with van der Waals surface area (Å²) in [5.41, 5.74) is 0.795. The summed E-state index contributed by atoms with van der Waals surface area (Å²) >= 11 is 1.37. The summed E-state index contributed by atoms with van der Waals surface area (Å²) in [6.45, 7) is 2.53. The number of carbonyl (C=O) groups is 1. The molecule has 3 aromatic heterocycles. The fourth-order valence-corrected chi connectivity index (χ4v) is 3.09. The predicted molar refractivity (Wildman–Crippen MR) is 89.5 cm³/mol. The third-order valence-electron chi connectivity index (χ3n) is 3.21. The lowest BCUT2D eigenvalue weighted by atomic mass is 10.3. The zero-order valence-corrected chi connectivity index (χ0v) is 13.4. The number of amides is 1. The normalized spacial score (nSPS) is 11.0. The number of thiazole rings is 1. The fourth-order valence-electron chi connectivity index (χ4n) is 2.20. The lowest BCUT2D eigenvalue weighted by Gasteiger charge is -2.00. The molecule has 1 N–H and O–H groups in total. The molecular formula is C15H12N6O2S. The number of fused-ring (bicyclic) bond motifs is 2. The Morgan fingerprint density at radius 2 is 2.29 bits per heavy atom. The molecule has 120 valence electrons. The van der Waals surface area contributed by atoms with Gasteiger partial charge in [-0.2, -0.15) is 4.98 Å². The van der Waals surface area contributed by atoms with Crippen LogP contribution in [0.5, 0.6) is 5.75 Å². The second-order valence-electron chi connectivity index (χ2n) is 4.84. The molecule has 0 saturated heterocycles. The summed E-state index contributed by atoms with van der Waals surface area (Å²) in [6.07, 6.45) is 3.27. The molecule has 1 amide bonds. The zero-order valence-electron chi connectivity index (χ0n) is 12.6. The van der Waals surface area contributed by atoms with Gasteiger partial charge in [0.1, 0.15) is 5.75 Å². The van der Waals surface area contributed by atoms with Crippen molar-refractivity contribution in [1.82, 2.24) is 24.6 Å².